The van der Waals surface area contributed by atoms with Crippen molar-refractivity contribution in [3.05, 3.63) is 46.7 Å². The number of aryl methyl sites for hydroxylation is 1. The first-order valence-corrected chi connectivity index (χ1v) is 11.5. The van der Waals surface area contributed by atoms with Crippen molar-refractivity contribution in [3.63, 3.8) is 0 Å². The molecule has 2 aromatic rings. The van der Waals surface area contributed by atoms with Crippen LogP contribution in [0, 0.1) is 6.92 Å². The van der Waals surface area contributed by atoms with Gasteiger partial charge in [0.2, 0.25) is 10.0 Å². The summed E-state index contributed by atoms with van der Waals surface area (Å²) in [7, 11) is -3.41. The van der Waals surface area contributed by atoms with Gasteiger partial charge in [-0.2, -0.15) is 0 Å². The van der Waals surface area contributed by atoms with Gasteiger partial charge in [-0.25, -0.2) is 23.1 Å². The number of sulfonamides is 1. The molecular formula is C19H26ClN5O2S. The monoisotopic (exact) mass is 423 g/mol. The summed E-state index contributed by atoms with van der Waals surface area (Å²) >= 11 is 5.83. The van der Waals surface area contributed by atoms with E-state index in [-0.39, 0.29) is 12.3 Å². The fourth-order valence-corrected chi connectivity index (χ4v) is 4.45. The van der Waals surface area contributed by atoms with Crippen LogP contribution in [0.15, 0.2) is 30.3 Å². The standard InChI is InChI=1S/C19H26ClN5O2S/c1-15-23-18(13-19(24-15)25-11-3-2-4-12-25)21-9-10-22-28(26,27)14-16-5-7-17(20)8-6-16/h5-8,13,22H,2-4,9-12,14H2,1H3,(H,21,23,24). The molecule has 1 aromatic heterocycles. The van der Waals surface area contributed by atoms with E-state index in [1.807, 2.05) is 13.0 Å². The second-order valence-corrected chi connectivity index (χ2v) is 9.16. The predicted octanol–water partition coefficient (Wildman–Crippen LogP) is 2.96. The van der Waals surface area contributed by atoms with E-state index in [9.17, 15) is 8.42 Å². The van der Waals surface area contributed by atoms with Crippen LogP contribution < -0.4 is 14.9 Å². The lowest BCUT2D eigenvalue weighted by molar-refractivity contribution is 0.572. The van der Waals surface area contributed by atoms with Crippen molar-refractivity contribution >= 4 is 33.3 Å². The maximum absolute atomic E-state index is 12.2. The predicted molar refractivity (Wildman–Crippen MR) is 113 cm³/mol. The van der Waals surface area contributed by atoms with E-state index in [0.717, 1.165) is 18.9 Å². The number of nitrogens with zero attached hydrogens (tertiary/aromatic N) is 3. The molecule has 152 valence electrons. The molecule has 9 heteroatoms. The number of anilines is 2. The molecule has 0 amide bonds. The van der Waals surface area contributed by atoms with Crippen molar-refractivity contribution in [2.75, 3.05) is 36.4 Å². The lowest BCUT2D eigenvalue weighted by Gasteiger charge is -2.28. The van der Waals surface area contributed by atoms with Crippen molar-refractivity contribution in [1.29, 1.82) is 0 Å². The third-order valence-electron chi connectivity index (χ3n) is 4.53. The van der Waals surface area contributed by atoms with Crippen LogP contribution in [0.3, 0.4) is 0 Å². The first-order valence-electron chi connectivity index (χ1n) is 9.47. The zero-order chi connectivity index (χ0) is 20.0. The Morgan fingerprint density at radius 3 is 2.50 bits per heavy atom. The molecule has 1 aliphatic rings. The Bertz CT molecular complexity index is 884. The first kappa shape index (κ1) is 20.8. The molecule has 0 atom stereocenters. The lowest BCUT2D eigenvalue weighted by atomic mass is 10.1. The SMILES string of the molecule is Cc1nc(NCCNS(=O)(=O)Cc2ccc(Cl)cc2)cc(N2CCCCC2)n1. The van der Waals surface area contributed by atoms with Crippen LogP contribution in [-0.2, 0) is 15.8 Å². The topological polar surface area (TPSA) is 87.2 Å². The molecule has 0 aliphatic carbocycles. The van der Waals surface area contributed by atoms with Crippen molar-refractivity contribution in [3.8, 4) is 0 Å². The molecule has 1 aromatic carbocycles. The van der Waals surface area contributed by atoms with Crippen LogP contribution in [0.5, 0.6) is 0 Å². The molecule has 3 rings (SSSR count). The second kappa shape index (κ2) is 9.54. The third-order valence-corrected chi connectivity index (χ3v) is 6.14. The van der Waals surface area contributed by atoms with Crippen molar-refractivity contribution < 1.29 is 8.42 Å². The van der Waals surface area contributed by atoms with Crippen LogP contribution in [-0.4, -0.2) is 44.6 Å². The number of halogens is 1. The van der Waals surface area contributed by atoms with Crippen LogP contribution >= 0.6 is 11.6 Å². The third kappa shape index (κ3) is 6.32. The zero-order valence-electron chi connectivity index (χ0n) is 16.0. The van der Waals surface area contributed by atoms with Gasteiger partial charge in [-0.1, -0.05) is 23.7 Å². The summed E-state index contributed by atoms with van der Waals surface area (Å²) in [6, 6.07) is 8.73. The van der Waals surface area contributed by atoms with Gasteiger partial charge in [0.1, 0.15) is 17.5 Å². The van der Waals surface area contributed by atoms with Gasteiger partial charge in [-0.3, -0.25) is 0 Å². The van der Waals surface area contributed by atoms with Crippen LogP contribution in [0.2, 0.25) is 5.02 Å². The van der Waals surface area contributed by atoms with E-state index in [2.05, 4.69) is 24.9 Å². The maximum Gasteiger partial charge on any atom is 0.215 e. The number of rotatable bonds is 8. The Kier molecular flexibility index (Phi) is 7.09. The van der Waals surface area contributed by atoms with Gasteiger partial charge >= 0.3 is 0 Å². The molecule has 1 aliphatic heterocycles. The minimum atomic E-state index is -3.41. The maximum atomic E-state index is 12.2. The average molecular weight is 424 g/mol. The van der Waals surface area contributed by atoms with E-state index in [4.69, 9.17) is 11.6 Å². The molecule has 2 heterocycles. The van der Waals surface area contributed by atoms with Gasteiger partial charge in [0, 0.05) is 37.3 Å². The highest BCUT2D eigenvalue weighted by molar-refractivity contribution is 7.88. The summed E-state index contributed by atoms with van der Waals surface area (Å²) in [6.07, 6.45) is 3.63. The highest BCUT2D eigenvalue weighted by atomic mass is 35.5. The Hall–Kier alpha value is -1.90. The van der Waals surface area contributed by atoms with Gasteiger partial charge in [0.15, 0.2) is 0 Å². The zero-order valence-corrected chi connectivity index (χ0v) is 17.6. The van der Waals surface area contributed by atoms with Crippen LogP contribution in [0.25, 0.3) is 0 Å². The number of hydrogen-bond acceptors (Lipinski definition) is 6. The molecule has 28 heavy (non-hydrogen) atoms. The summed E-state index contributed by atoms with van der Waals surface area (Å²) in [6.45, 7) is 4.61. The van der Waals surface area contributed by atoms with E-state index >= 15 is 0 Å². The molecule has 0 unspecified atom stereocenters. The van der Waals surface area contributed by atoms with Gasteiger partial charge in [0.25, 0.3) is 0 Å². The molecular weight excluding hydrogens is 398 g/mol. The van der Waals surface area contributed by atoms with E-state index in [0.29, 0.717) is 28.8 Å². The lowest BCUT2D eigenvalue weighted by Crippen LogP contribution is -2.31. The van der Waals surface area contributed by atoms with Gasteiger partial charge in [0.05, 0.1) is 5.75 Å². The van der Waals surface area contributed by atoms with E-state index in [1.54, 1.807) is 24.3 Å². The summed E-state index contributed by atoms with van der Waals surface area (Å²) in [5.41, 5.74) is 0.697. The number of piperidine rings is 1. The largest absolute Gasteiger partial charge is 0.369 e. The smallest absolute Gasteiger partial charge is 0.215 e. The average Bonchev–Trinajstić information content (AvgIpc) is 2.67. The van der Waals surface area contributed by atoms with Crippen LogP contribution in [0.4, 0.5) is 11.6 Å². The molecule has 0 bridgehead atoms. The highest BCUT2D eigenvalue weighted by Crippen LogP contribution is 2.20. The molecule has 1 saturated heterocycles. The van der Waals surface area contributed by atoms with Crippen molar-refractivity contribution in [2.45, 2.75) is 31.9 Å². The second-order valence-electron chi connectivity index (χ2n) is 6.91. The fraction of sp³-hybridized carbons (Fsp3) is 0.474. The van der Waals surface area contributed by atoms with Gasteiger partial charge in [-0.05, 0) is 43.9 Å². The van der Waals surface area contributed by atoms with E-state index < -0.39 is 10.0 Å². The summed E-state index contributed by atoms with van der Waals surface area (Å²) in [4.78, 5) is 11.2. The Morgan fingerprint density at radius 1 is 1.07 bits per heavy atom. The van der Waals surface area contributed by atoms with Gasteiger partial charge in [-0.15, -0.1) is 0 Å². The minimum Gasteiger partial charge on any atom is -0.369 e. The Morgan fingerprint density at radius 2 is 1.79 bits per heavy atom. The molecule has 0 radical (unpaired) electrons. The first-order chi connectivity index (χ1) is 13.4. The quantitative estimate of drug-likeness (QED) is 0.635. The summed E-state index contributed by atoms with van der Waals surface area (Å²) < 4.78 is 27.0. The van der Waals surface area contributed by atoms with Gasteiger partial charge < -0.3 is 10.2 Å². The number of aromatic nitrogens is 2. The van der Waals surface area contributed by atoms with Crippen LogP contribution in [0.1, 0.15) is 30.7 Å². The van der Waals surface area contributed by atoms with Crippen molar-refractivity contribution in [2.24, 2.45) is 0 Å². The number of benzene rings is 1. The normalized spacial score (nSPS) is 14.9. The Labute approximate surface area is 171 Å². The molecule has 1 fully saturated rings. The minimum absolute atomic E-state index is 0.0735. The van der Waals surface area contributed by atoms with Crippen molar-refractivity contribution in [1.82, 2.24) is 14.7 Å². The molecule has 0 spiro atoms. The number of hydrogen-bond donors (Lipinski definition) is 2. The Balaban J connectivity index is 1.50. The molecule has 7 nitrogen and oxygen atoms in total. The fourth-order valence-electron chi connectivity index (χ4n) is 3.18. The number of nitrogens with one attached hydrogen (secondary N) is 2. The summed E-state index contributed by atoms with van der Waals surface area (Å²) in [5.74, 6) is 2.27. The van der Waals surface area contributed by atoms with E-state index in [1.165, 1.54) is 19.3 Å². The molecule has 2 N–H and O–H groups in total. The highest BCUT2D eigenvalue weighted by Gasteiger charge is 2.14. The molecule has 0 saturated carbocycles. The summed E-state index contributed by atoms with van der Waals surface area (Å²) in [5, 5.41) is 3.77.